The molecule has 1 rings (SSSR count). The molecule has 116 valence electrons. The Balaban J connectivity index is 2.80. The summed E-state index contributed by atoms with van der Waals surface area (Å²) in [7, 11) is -4.62. The molecule has 6 N–H and O–H groups in total. The quantitative estimate of drug-likeness (QED) is 0.202. The van der Waals surface area contributed by atoms with E-state index in [1.165, 1.54) is 0 Å². The summed E-state index contributed by atoms with van der Waals surface area (Å²) in [4.78, 5) is 20.5. The van der Waals surface area contributed by atoms with Crippen LogP contribution in [0.4, 0.5) is 0 Å². The minimum absolute atomic E-state index is 0.180. The predicted octanol–water partition coefficient (Wildman–Crippen LogP) is -1.48. The number of aliphatic hydroxyl groups is 3. The van der Waals surface area contributed by atoms with E-state index in [4.69, 9.17) is 10.8 Å². The fourth-order valence-electron chi connectivity index (χ4n) is 1.32. The highest BCUT2D eigenvalue weighted by molar-refractivity contribution is 7.47. The maximum absolute atomic E-state index is 11.6. The molecule has 0 aromatic carbocycles. The Morgan fingerprint density at radius 1 is 1.50 bits per heavy atom. The van der Waals surface area contributed by atoms with E-state index in [2.05, 4.69) is 13.8 Å². The second-order valence-electron chi connectivity index (χ2n) is 3.82. The van der Waals surface area contributed by atoms with Crippen LogP contribution in [0, 0.1) is 0 Å². The first kappa shape index (κ1) is 16.9. The van der Waals surface area contributed by atoms with Gasteiger partial charge in [0.1, 0.15) is 6.10 Å². The van der Waals surface area contributed by atoms with Crippen LogP contribution in [0.25, 0.3) is 0 Å². The summed E-state index contributed by atoms with van der Waals surface area (Å²) in [5.74, 6) is -3.09. The molecule has 10 nitrogen and oxygen atoms in total. The van der Waals surface area contributed by atoms with Crippen molar-refractivity contribution in [3.05, 3.63) is 11.5 Å². The highest BCUT2D eigenvalue weighted by Gasteiger charge is 2.44. The molecule has 1 heterocycles. The van der Waals surface area contributed by atoms with E-state index in [0.717, 1.165) is 0 Å². The van der Waals surface area contributed by atoms with Crippen molar-refractivity contribution < 1.29 is 43.4 Å². The fourth-order valence-corrected chi connectivity index (χ4v) is 2.17. The van der Waals surface area contributed by atoms with Gasteiger partial charge in [-0.05, 0) is 13.0 Å². The highest BCUT2D eigenvalue weighted by atomic mass is 31.2. The number of rotatable bonds is 8. The Kier molecular flexibility index (Phi) is 5.93. The van der Waals surface area contributed by atoms with Gasteiger partial charge in [0.15, 0.2) is 6.10 Å². The number of hydrogen-bond donors (Lipinski definition) is 5. The zero-order chi connectivity index (χ0) is 15.3. The minimum atomic E-state index is -4.62. The molecule has 1 aliphatic heterocycles. The number of hydrogen-bond acceptors (Lipinski definition) is 9. The number of phosphoric acid groups is 1. The number of phosphoric ester groups is 1. The Labute approximate surface area is 114 Å². The molecule has 0 aromatic rings. The fraction of sp³-hybridized carbons (Fsp3) is 0.667. The maximum atomic E-state index is 11.6. The molecule has 1 aliphatic rings. The Bertz CT molecular complexity index is 437. The first-order valence-electron chi connectivity index (χ1n) is 5.62. The molecule has 0 saturated heterocycles. The lowest BCUT2D eigenvalue weighted by Gasteiger charge is -2.20. The monoisotopic (exact) mass is 313 g/mol. The zero-order valence-electron chi connectivity index (χ0n) is 10.3. The van der Waals surface area contributed by atoms with Crippen molar-refractivity contribution in [2.24, 2.45) is 5.73 Å². The van der Waals surface area contributed by atoms with Gasteiger partial charge in [-0.2, -0.15) is 0 Å². The van der Waals surface area contributed by atoms with Gasteiger partial charge in [0.05, 0.1) is 13.2 Å². The predicted molar refractivity (Wildman–Crippen MR) is 63.2 cm³/mol. The molecule has 11 heteroatoms. The largest absolute Gasteiger partial charge is 0.527 e. The number of carbonyl (C=O) groups is 1. The minimum Gasteiger partial charge on any atom is -0.499 e. The third kappa shape index (κ3) is 4.17. The zero-order valence-corrected chi connectivity index (χ0v) is 11.2. The second-order valence-corrected chi connectivity index (χ2v) is 5.20. The Hall–Kier alpha value is -1.16. The van der Waals surface area contributed by atoms with E-state index in [9.17, 15) is 24.5 Å². The number of esters is 1. The van der Waals surface area contributed by atoms with Crippen LogP contribution in [-0.2, 0) is 23.1 Å². The first-order chi connectivity index (χ1) is 9.32. The van der Waals surface area contributed by atoms with Crippen molar-refractivity contribution in [2.45, 2.75) is 18.6 Å². The maximum Gasteiger partial charge on any atom is 0.527 e. The van der Waals surface area contributed by atoms with E-state index in [1.807, 2.05) is 0 Å². The number of cyclic esters (lactones) is 1. The molecular weight excluding hydrogens is 297 g/mol. The van der Waals surface area contributed by atoms with Crippen molar-refractivity contribution in [1.82, 2.24) is 0 Å². The van der Waals surface area contributed by atoms with Gasteiger partial charge in [-0.15, -0.1) is 0 Å². The average Bonchev–Trinajstić information content (AvgIpc) is 2.66. The van der Waals surface area contributed by atoms with Crippen LogP contribution in [-0.4, -0.2) is 58.1 Å². The molecule has 0 fully saturated rings. The third-order valence-corrected chi connectivity index (χ3v) is 3.21. The lowest BCUT2D eigenvalue weighted by atomic mass is 10.2. The Morgan fingerprint density at radius 2 is 2.15 bits per heavy atom. The molecule has 0 saturated carbocycles. The van der Waals surface area contributed by atoms with Crippen molar-refractivity contribution in [3.63, 3.8) is 0 Å². The van der Waals surface area contributed by atoms with E-state index in [1.54, 1.807) is 0 Å². The smallest absolute Gasteiger partial charge is 0.499 e. The molecule has 1 unspecified atom stereocenters. The van der Waals surface area contributed by atoms with Gasteiger partial charge in [0.25, 0.3) is 0 Å². The van der Waals surface area contributed by atoms with Crippen molar-refractivity contribution in [3.8, 4) is 0 Å². The van der Waals surface area contributed by atoms with E-state index in [0.29, 0.717) is 0 Å². The summed E-state index contributed by atoms with van der Waals surface area (Å²) in [6, 6.07) is 0. The van der Waals surface area contributed by atoms with Crippen LogP contribution in [0.15, 0.2) is 11.5 Å². The molecule has 0 amide bonds. The summed E-state index contributed by atoms with van der Waals surface area (Å²) < 4.78 is 25.1. The molecule has 0 spiro atoms. The van der Waals surface area contributed by atoms with Gasteiger partial charge in [-0.3, -0.25) is 9.42 Å². The Morgan fingerprint density at radius 3 is 2.70 bits per heavy atom. The molecule has 0 bridgehead atoms. The van der Waals surface area contributed by atoms with Gasteiger partial charge in [0, 0.05) is 0 Å². The number of carbonyl (C=O) groups excluding carboxylic acids is 1. The van der Waals surface area contributed by atoms with Crippen LogP contribution in [0.5, 0.6) is 0 Å². The van der Waals surface area contributed by atoms with Crippen molar-refractivity contribution >= 4 is 13.8 Å². The lowest BCUT2D eigenvalue weighted by Crippen LogP contribution is -2.32. The van der Waals surface area contributed by atoms with Crippen molar-refractivity contribution in [2.75, 3.05) is 19.8 Å². The number of aliphatic hydroxyl groups excluding tert-OH is 3. The third-order valence-electron chi connectivity index (χ3n) is 2.27. The molecule has 20 heavy (non-hydrogen) atoms. The molecular formula is C9H16NO9P. The van der Waals surface area contributed by atoms with Crippen LogP contribution < -0.4 is 5.73 Å². The van der Waals surface area contributed by atoms with Gasteiger partial charge in [0.2, 0.25) is 11.5 Å². The molecule has 0 radical (unpaired) electrons. The second kappa shape index (κ2) is 7.02. The van der Waals surface area contributed by atoms with E-state index >= 15 is 0 Å². The summed E-state index contributed by atoms with van der Waals surface area (Å²) in [5, 5.41) is 27.6. The summed E-state index contributed by atoms with van der Waals surface area (Å²) in [6.45, 7) is -0.774. The topological polar surface area (TPSA) is 169 Å². The standard InChI is InChI=1S/C9H16NO9P/c10-2-1-3-17-20(15,16)19-8-6(13)9(14)18-7(8)5(12)4-11/h5,7,11-13H,1-4,10H2,(H,15,16)/t5-,7+/m0/s1. The number of ether oxygens (including phenoxy) is 1. The van der Waals surface area contributed by atoms with Gasteiger partial charge < -0.3 is 30.3 Å². The molecule has 0 aliphatic carbocycles. The van der Waals surface area contributed by atoms with E-state index in [-0.39, 0.29) is 19.6 Å². The van der Waals surface area contributed by atoms with Gasteiger partial charge in [-0.25, -0.2) is 9.36 Å². The highest BCUT2D eigenvalue weighted by Crippen LogP contribution is 2.48. The van der Waals surface area contributed by atoms with Crippen LogP contribution in [0.2, 0.25) is 0 Å². The first-order valence-corrected chi connectivity index (χ1v) is 7.12. The normalized spacial score (nSPS) is 23.4. The van der Waals surface area contributed by atoms with Gasteiger partial charge >= 0.3 is 13.8 Å². The summed E-state index contributed by atoms with van der Waals surface area (Å²) in [6.07, 6.45) is -2.93. The summed E-state index contributed by atoms with van der Waals surface area (Å²) >= 11 is 0. The molecule has 0 aromatic heterocycles. The summed E-state index contributed by atoms with van der Waals surface area (Å²) in [5.41, 5.74) is 5.17. The van der Waals surface area contributed by atoms with Crippen LogP contribution in [0.1, 0.15) is 6.42 Å². The van der Waals surface area contributed by atoms with Crippen LogP contribution >= 0.6 is 7.82 Å². The SMILES string of the molecule is NCCCOP(=O)(O)OC1=C(O)C(=O)O[C@@H]1[C@@H](O)CO. The average molecular weight is 313 g/mol. The number of nitrogens with two attached hydrogens (primary N) is 1. The van der Waals surface area contributed by atoms with Gasteiger partial charge in [-0.1, -0.05) is 0 Å². The lowest BCUT2D eigenvalue weighted by molar-refractivity contribution is -0.147. The molecule has 3 atom stereocenters. The van der Waals surface area contributed by atoms with Crippen LogP contribution in [0.3, 0.4) is 0 Å². The van der Waals surface area contributed by atoms with E-state index < -0.39 is 44.1 Å². The van der Waals surface area contributed by atoms with Crippen molar-refractivity contribution in [1.29, 1.82) is 0 Å².